The van der Waals surface area contributed by atoms with E-state index in [1.807, 2.05) is 55.5 Å². The Kier molecular flexibility index (Phi) is 7.15. The summed E-state index contributed by atoms with van der Waals surface area (Å²) >= 11 is 0. The number of hydrogen-bond acceptors (Lipinski definition) is 3. The highest BCUT2D eigenvalue weighted by Crippen LogP contribution is 2.14. The molecule has 2 aromatic rings. The maximum absolute atomic E-state index is 12.2. The minimum absolute atomic E-state index is 0.0630. The fourth-order valence-corrected chi connectivity index (χ4v) is 2.43. The second-order valence-electron chi connectivity index (χ2n) is 5.57. The molecule has 0 aromatic heterocycles. The Balaban J connectivity index is 1.75. The first-order valence-electron chi connectivity index (χ1n) is 8.35. The molecule has 0 aliphatic carbocycles. The van der Waals surface area contributed by atoms with E-state index >= 15 is 0 Å². The van der Waals surface area contributed by atoms with Crippen molar-refractivity contribution in [2.45, 2.75) is 32.3 Å². The van der Waals surface area contributed by atoms with Crippen LogP contribution in [0.15, 0.2) is 54.6 Å². The predicted molar refractivity (Wildman–Crippen MR) is 95.5 cm³/mol. The minimum atomic E-state index is -0.454. The molecule has 0 bridgehead atoms. The average Bonchev–Trinajstić information content (AvgIpc) is 2.64. The van der Waals surface area contributed by atoms with Crippen LogP contribution >= 0.6 is 0 Å². The molecule has 4 heteroatoms. The van der Waals surface area contributed by atoms with Gasteiger partial charge in [0.1, 0.15) is 11.5 Å². The molecule has 0 aliphatic heterocycles. The van der Waals surface area contributed by atoms with Crippen molar-refractivity contribution in [3.8, 4) is 11.5 Å². The van der Waals surface area contributed by atoms with Crippen LogP contribution in [0, 0.1) is 0 Å². The minimum Gasteiger partial charge on any atom is -0.497 e. The molecule has 4 nitrogen and oxygen atoms in total. The van der Waals surface area contributed by atoms with Crippen molar-refractivity contribution in [3.63, 3.8) is 0 Å². The van der Waals surface area contributed by atoms with Gasteiger partial charge in [-0.25, -0.2) is 0 Å². The van der Waals surface area contributed by atoms with E-state index in [0.29, 0.717) is 13.0 Å². The Bertz CT molecular complexity index is 628. The Labute approximate surface area is 143 Å². The molecule has 0 radical (unpaired) electrons. The zero-order valence-electron chi connectivity index (χ0n) is 14.3. The second-order valence-corrected chi connectivity index (χ2v) is 5.57. The van der Waals surface area contributed by atoms with Gasteiger partial charge in [0.25, 0.3) is 5.91 Å². The fraction of sp³-hybridized carbons (Fsp3) is 0.350. The van der Waals surface area contributed by atoms with E-state index in [9.17, 15) is 4.79 Å². The van der Waals surface area contributed by atoms with E-state index < -0.39 is 6.10 Å². The molecule has 0 aliphatic rings. The van der Waals surface area contributed by atoms with Gasteiger partial charge in [-0.3, -0.25) is 4.79 Å². The van der Waals surface area contributed by atoms with Crippen molar-refractivity contribution in [3.05, 3.63) is 60.2 Å². The first kappa shape index (κ1) is 17.9. The quantitative estimate of drug-likeness (QED) is 0.716. The molecule has 128 valence electrons. The monoisotopic (exact) mass is 327 g/mol. The highest BCUT2D eigenvalue weighted by molar-refractivity contribution is 5.81. The molecule has 0 saturated heterocycles. The number of ether oxygens (including phenoxy) is 2. The maximum Gasteiger partial charge on any atom is 0.261 e. The Morgan fingerprint density at radius 1 is 1.08 bits per heavy atom. The molecule has 0 saturated carbocycles. The normalized spacial score (nSPS) is 11.6. The molecular formula is C20H25NO3. The number of rotatable bonds is 9. The molecule has 1 atom stereocenters. The summed E-state index contributed by atoms with van der Waals surface area (Å²) in [7, 11) is 1.66. The van der Waals surface area contributed by atoms with E-state index in [2.05, 4.69) is 11.4 Å². The number of para-hydroxylation sites is 1. The van der Waals surface area contributed by atoms with Crippen LogP contribution in [-0.2, 0) is 11.2 Å². The van der Waals surface area contributed by atoms with E-state index in [1.165, 1.54) is 5.56 Å². The molecule has 0 fully saturated rings. The summed E-state index contributed by atoms with van der Waals surface area (Å²) < 4.78 is 11.0. The Hall–Kier alpha value is -2.49. The number of nitrogens with one attached hydrogen (secondary N) is 1. The zero-order chi connectivity index (χ0) is 17.2. The standard InChI is InChI=1S/C20H25NO3/c1-3-19(24-17-11-5-4-6-12-17)20(22)21-14-8-10-16-9-7-13-18(15-16)23-2/h4-7,9,11-13,15,19H,3,8,10,14H2,1-2H3,(H,21,22). The third-order valence-corrected chi connectivity index (χ3v) is 3.76. The lowest BCUT2D eigenvalue weighted by atomic mass is 10.1. The second kappa shape index (κ2) is 9.60. The zero-order valence-corrected chi connectivity index (χ0v) is 14.3. The van der Waals surface area contributed by atoms with E-state index in [1.54, 1.807) is 7.11 Å². The van der Waals surface area contributed by atoms with Crippen LogP contribution in [0.1, 0.15) is 25.3 Å². The first-order chi connectivity index (χ1) is 11.7. The van der Waals surface area contributed by atoms with Crippen molar-refractivity contribution < 1.29 is 14.3 Å². The third kappa shape index (κ3) is 5.61. The van der Waals surface area contributed by atoms with Crippen LogP contribution in [0.25, 0.3) is 0 Å². The molecule has 1 amide bonds. The van der Waals surface area contributed by atoms with Gasteiger partial charge in [-0.15, -0.1) is 0 Å². The largest absolute Gasteiger partial charge is 0.497 e. The highest BCUT2D eigenvalue weighted by atomic mass is 16.5. The number of carbonyl (C=O) groups excluding carboxylic acids is 1. The van der Waals surface area contributed by atoms with Crippen LogP contribution in [0.4, 0.5) is 0 Å². The van der Waals surface area contributed by atoms with Gasteiger partial charge in [-0.2, -0.15) is 0 Å². The van der Waals surface area contributed by atoms with E-state index in [0.717, 1.165) is 24.3 Å². The lowest BCUT2D eigenvalue weighted by Gasteiger charge is -2.17. The van der Waals surface area contributed by atoms with Gasteiger partial charge < -0.3 is 14.8 Å². The lowest BCUT2D eigenvalue weighted by Crippen LogP contribution is -2.38. The summed E-state index contributed by atoms with van der Waals surface area (Å²) in [5.41, 5.74) is 1.20. The summed E-state index contributed by atoms with van der Waals surface area (Å²) in [6, 6.07) is 17.4. The molecule has 24 heavy (non-hydrogen) atoms. The first-order valence-corrected chi connectivity index (χ1v) is 8.35. The Morgan fingerprint density at radius 3 is 2.54 bits per heavy atom. The molecular weight excluding hydrogens is 302 g/mol. The molecule has 2 rings (SSSR count). The number of amides is 1. The van der Waals surface area contributed by atoms with Crippen LogP contribution in [0.3, 0.4) is 0 Å². The van der Waals surface area contributed by atoms with Gasteiger partial charge in [-0.1, -0.05) is 37.3 Å². The van der Waals surface area contributed by atoms with Crippen LogP contribution in [0.2, 0.25) is 0 Å². The van der Waals surface area contributed by atoms with Gasteiger partial charge >= 0.3 is 0 Å². The summed E-state index contributed by atoms with van der Waals surface area (Å²) in [5.74, 6) is 1.52. The number of benzene rings is 2. The number of methoxy groups -OCH3 is 1. The summed E-state index contributed by atoms with van der Waals surface area (Å²) in [6.45, 7) is 2.58. The van der Waals surface area contributed by atoms with Crippen molar-refractivity contribution >= 4 is 5.91 Å². The number of carbonyl (C=O) groups is 1. The molecule has 1 N–H and O–H groups in total. The van der Waals surface area contributed by atoms with Crippen molar-refractivity contribution in [1.29, 1.82) is 0 Å². The van der Waals surface area contributed by atoms with Gasteiger partial charge in [0.2, 0.25) is 0 Å². The summed E-state index contributed by atoms with van der Waals surface area (Å²) in [5, 5.41) is 2.96. The topological polar surface area (TPSA) is 47.6 Å². The van der Waals surface area contributed by atoms with Crippen LogP contribution < -0.4 is 14.8 Å². The van der Waals surface area contributed by atoms with E-state index in [-0.39, 0.29) is 5.91 Å². The van der Waals surface area contributed by atoms with Gasteiger partial charge in [-0.05, 0) is 49.1 Å². The van der Waals surface area contributed by atoms with Gasteiger partial charge in [0, 0.05) is 6.54 Å². The predicted octanol–water partition coefficient (Wildman–Crippen LogP) is 3.60. The van der Waals surface area contributed by atoms with Crippen LogP contribution in [-0.4, -0.2) is 25.7 Å². The smallest absolute Gasteiger partial charge is 0.261 e. The molecule has 1 unspecified atom stereocenters. The fourth-order valence-electron chi connectivity index (χ4n) is 2.43. The Morgan fingerprint density at radius 2 is 1.83 bits per heavy atom. The SMILES string of the molecule is CCC(Oc1ccccc1)C(=O)NCCCc1cccc(OC)c1. The lowest BCUT2D eigenvalue weighted by molar-refractivity contribution is -0.128. The summed E-state index contributed by atoms with van der Waals surface area (Å²) in [6.07, 6.45) is 1.95. The van der Waals surface area contributed by atoms with Crippen molar-refractivity contribution in [2.24, 2.45) is 0 Å². The molecule has 0 heterocycles. The molecule has 2 aromatic carbocycles. The molecule has 0 spiro atoms. The summed E-state index contributed by atoms with van der Waals surface area (Å²) in [4.78, 5) is 12.2. The number of hydrogen-bond donors (Lipinski definition) is 1. The number of aryl methyl sites for hydroxylation is 1. The third-order valence-electron chi connectivity index (χ3n) is 3.76. The highest BCUT2D eigenvalue weighted by Gasteiger charge is 2.17. The van der Waals surface area contributed by atoms with E-state index in [4.69, 9.17) is 9.47 Å². The van der Waals surface area contributed by atoms with Gasteiger partial charge in [0.15, 0.2) is 6.10 Å². The van der Waals surface area contributed by atoms with Crippen molar-refractivity contribution in [1.82, 2.24) is 5.32 Å². The van der Waals surface area contributed by atoms with Crippen LogP contribution in [0.5, 0.6) is 11.5 Å². The van der Waals surface area contributed by atoms with Gasteiger partial charge in [0.05, 0.1) is 7.11 Å². The van der Waals surface area contributed by atoms with Crippen molar-refractivity contribution in [2.75, 3.05) is 13.7 Å². The maximum atomic E-state index is 12.2. The average molecular weight is 327 g/mol.